The number of anilines is 1. The van der Waals surface area contributed by atoms with E-state index in [2.05, 4.69) is 19.8 Å². The molecule has 0 aliphatic heterocycles. The lowest BCUT2D eigenvalue weighted by Crippen LogP contribution is -2.03. The second kappa shape index (κ2) is 8.08. The largest absolute Gasteiger partial charge is 0.497 e. The second-order valence-electron chi connectivity index (χ2n) is 6.33. The van der Waals surface area contributed by atoms with Crippen LogP contribution in [0.1, 0.15) is 11.5 Å². The van der Waals surface area contributed by atoms with E-state index < -0.39 is 24.4 Å². The van der Waals surface area contributed by atoms with Gasteiger partial charge in [0, 0.05) is 30.1 Å². The predicted molar refractivity (Wildman–Crippen MR) is 103 cm³/mol. The van der Waals surface area contributed by atoms with Crippen LogP contribution in [0.2, 0.25) is 0 Å². The first-order chi connectivity index (χ1) is 13.6. The maximum absolute atomic E-state index is 14.5. The molecule has 6 nitrogen and oxygen atoms in total. The first-order valence-electron chi connectivity index (χ1n) is 8.26. The van der Waals surface area contributed by atoms with Crippen molar-refractivity contribution in [3.8, 4) is 17.1 Å². The molecule has 1 heterocycles. The summed E-state index contributed by atoms with van der Waals surface area (Å²) in [5.41, 5.74) is 0.878. The fourth-order valence-corrected chi connectivity index (χ4v) is 4.35. The van der Waals surface area contributed by atoms with Gasteiger partial charge in [-0.2, -0.15) is 13.8 Å². The van der Waals surface area contributed by atoms with Crippen molar-refractivity contribution in [1.29, 1.82) is 0 Å². The smallest absolute Gasteiger partial charge is 0.400 e. The number of nitrogens with zero attached hydrogens (tertiary/aromatic N) is 2. The van der Waals surface area contributed by atoms with Crippen molar-refractivity contribution in [2.45, 2.75) is 11.5 Å². The summed E-state index contributed by atoms with van der Waals surface area (Å²) in [6.45, 7) is 1.49. The first kappa shape index (κ1) is 21.2. The number of aromatic nitrogens is 2. The molecule has 0 saturated carbocycles. The van der Waals surface area contributed by atoms with Crippen molar-refractivity contribution >= 4 is 24.6 Å². The lowest BCUT2D eigenvalue weighted by Gasteiger charge is -2.17. The zero-order chi connectivity index (χ0) is 21.2. The maximum Gasteiger partial charge on any atom is 0.400 e. The van der Waals surface area contributed by atoms with E-state index in [1.54, 1.807) is 24.3 Å². The molecule has 0 radical (unpaired) electrons. The van der Waals surface area contributed by atoms with E-state index in [1.165, 1.54) is 25.9 Å². The molecule has 11 heteroatoms. The van der Waals surface area contributed by atoms with E-state index in [-0.39, 0.29) is 23.1 Å². The number of ether oxygens (including phenoxy) is 1. The highest BCUT2D eigenvalue weighted by atomic mass is 35.5. The molecule has 0 amide bonds. The zero-order valence-electron chi connectivity index (χ0n) is 15.3. The van der Waals surface area contributed by atoms with E-state index in [1.807, 2.05) is 0 Å². The molecule has 0 fully saturated rings. The van der Waals surface area contributed by atoms with Crippen LogP contribution in [0.5, 0.6) is 5.75 Å². The number of benzene rings is 2. The SMILES string of the molecule is COc1cccc(NP(C)(=O)Cc2ccc(-c3noc(C(F)(F)Cl)n3)cc2F)c1. The number of rotatable bonds is 7. The highest BCUT2D eigenvalue weighted by Crippen LogP contribution is 2.46. The Balaban J connectivity index is 1.77. The summed E-state index contributed by atoms with van der Waals surface area (Å²) in [4.78, 5) is 3.46. The number of alkyl halides is 3. The molecular formula is C18H16ClF3N3O3P. The Morgan fingerprint density at radius 3 is 2.66 bits per heavy atom. The Labute approximate surface area is 169 Å². The van der Waals surface area contributed by atoms with E-state index in [9.17, 15) is 17.7 Å². The Bertz CT molecular complexity index is 1070. The summed E-state index contributed by atoms with van der Waals surface area (Å²) in [6, 6.07) is 10.7. The van der Waals surface area contributed by atoms with Crippen LogP contribution >= 0.6 is 18.9 Å². The zero-order valence-corrected chi connectivity index (χ0v) is 17.0. The average Bonchev–Trinajstić information content (AvgIpc) is 3.13. The van der Waals surface area contributed by atoms with E-state index in [0.717, 1.165) is 6.07 Å². The van der Waals surface area contributed by atoms with E-state index in [0.29, 0.717) is 11.4 Å². The molecule has 3 rings (SSSR count). The van der Waals surface area contributed by atoms with Gasteiger partial charge in [0.2, 0.25) is 5.82 Å². The summed E-state index contributed by atoms with van der Waals surface area (Å²) in [5, 5.41) is 2.47. The van der Waals surface area contributed by atoms with Crippen LogP contribution in [0.3, 0.4) is 0 Å². The minimum Gasteiger partial charge on any atom is -0.497 e. The van der Waals surface area contributed by atoms with Gasteiger partial charge >= 0.3 is 11.3 Å². The van der Waals surface area contributed by atoms with Gasteiger partial charge in [-0.1, -0.05) is 23.4 Å². The third-order valence-corrected chi connectivity index (χ3v) is 5.72. The molecule has 1 aromatic heterocycles. The van der Waals surface area contributed by atoms with Gasteiger partial charge in [-0.25, -0.2) is 4.39 Å². The molecule has 0 saturated heterocycles. The van der Waals surface area contributed by atoms with Crippen LogP contribution in [-0.2, 0) is 16.1 Å². The highest BCUT2D eigenvalue weighted by Gasteiger charge is 2.35. The standard InChI is InChI=1S/C18H16ClF3N3O3P/c1-27-14-5-3-4-13(9-14)25-29(2,26)10-12-7-6-11(8-15(12)20)16-23-17(28-24-16)18(19,21)22/h3-9H,10H2,1-2H3,(H,25,26). The molecule has 0 aliphatic carbocycles. The second-order valence-corrected chi connectivity index (χ2v) is 9.55. The van der Waals surface area contributed by atoms with E-state index in [4.69, 9.17) is 16.3 Å². The molecule has 2 aromatic carbocycles. The van der Waals surface area contributed by atoms with Crippen LogP contribution in [0.4, 0.5) is 18.9 Å². The fourth-order valence-electron chi connectivity index (χ4n) is 2.60. The summed E-state index contributed by atoms with van der Waals surface area (Å²) in [7, 11) is -1.49. The quantitative estimate of drug-likeness (QED) is 0.372. The number of hydrogen-bond acceptors (Lipinski definition) is 5. The summed E-state index contributed by atoms with van der Waals surface area (Å²) in [5.74, 6) is -1.41. The third-order valence-electron chi connectivity index (χ3n) is 3.89. The van der Waals surface area contributed by atoms with Gasteiger partial charge in [-0.15, -0.1) is 0 Å². The summed E-state index contributed by atoms with van der Waals surface area (Å²) >= 11 is 4.82. The Morgan fingerprint density at radius 1 is 1.28 bits per heavy atom. The lowest BCUT2D eigenvalue weighted by molar-refractivity contribution is 0.0551. The number of nitrogens with one attached hydrogen (secondary N) is 1. The highest BCUT2D eigenvalue weighted by molar-refractivity contribution is 7.63. The van der Waals surface area contributed by atoms with Crippen LogP contribution in [-0.4, -0.2) is 23.9 Å². The molecule has 0 bridgehead atoms. The molecule has 1 atom stereocenters. The summed E-state index contributed by atoms with van der Waals surface area (Å²) in [6.07, 6.45) is -0.0758. The number of methoxy groups -OCH3 is 1. The van der Waals surface area contributed by atoms with Gasteiger partial charge in [0.05, 0.1) is 7.11 Å². The van der Waals surface area contributed by atoms with E-state index >= 15 is 0 Å². The number of halogens is 4. The van der Waals surface area contributed by atoms with Gasteiger partial charge in [0.1, 0.15) is 11.6 Å². The maximum atomic E-state index is 14.5. The van der Waals surface area contributed by atoms with Crippen LogP contribution in [0, 0.1) is 5.82 Å². The van der Waals surface area contributed by atoms with Crippen molar-refractivity contribution in [1.82, 2.24) is 10.1 Å². The lowest BCUT2D eigenvalue weighted by atomic mass is 10.1. The van der Waals surface area contributed by atoms with Gasteiger partial charge in [-0.3, -0.25) is 0 Å². The fraction of sp³-hybridized carbons (Fsp3) is 0.222. The molecule has 0 aliphatic rings. The van der Waals surface area contributed by atoms with Crippen molar-refractivity contribution in [3.05, 3.63) is 59.7 Å². The Morgan fingerprint density at radius 2 is 2.03 bits per heavy atom. The van der Waals surface area contributed by atoms with Gasteiger partial charge < -0.3 is 18.9 Å². The Hall–Kier alpha value is -2.51. The molecule has 3 aromatic rings. The van der Waals surface area contributed by atoms with Crippen molar-refractivity contribution < 1.29 is 27.0 Å². The first-order valence-corrected chi connectivity index (χ1v) is 11.0. The minimum atomic E-state index is -3.82. The minimum absolute atomic E-state index is 0.0758. The molecular weight excluding hydrogens is 430 g/mol. The van der Waals surface area contributed by atoms with Gasteiger partial charge in [-0.05, 0) is 35.4 Å². The topological polar surface area (TPSA) is 77.2 Å². The van der Waals surface area contributed by atoms with Crippen molar-refractivity contribution in [2.24, 2.45) is 0 Å². The van der Waals surface area contributed by atoms with Crippen LogP contribution in [0.25, 0.3) is 11.4 Å². The van der Waals surface area contributed by atoms with Gasteiger partial charge in [0.25, 0.3) is 0 Å². The number of hydrogen-bond donors (Lipinski definition) is 1. The van der Waals surface area contributed by atoms with Gasteiger partial charge in [0.15, 0.2) is 7.29 Å². The summed E-state index contributed by atoms with van der Waals surface area (Å²) < 4.78 is 62.9. The normalized spacial score (nSPS) is 13.7. The predicted octanol–water partition coefficient (Wildman–Crippen LogP) is 5.69. The molecule has 0 spiro atoms. The van der Waals surface area contributed by atoms with Crippen molar-refractivity contribution in [2.75, 3.05) is 18.9 Å². The molecule has 154 valence electrons. The van der Waals surface area contributed by atoms with Crippen molar-refractivity contribution in [3.63, 3.8) is 0 Å². The molecule has 1 N–H and O–H groups in total. The average molecular weight is 446 g/mol. The van der Waals surface area contributed by atoms with Crippen LogP contribution < -0.4 is 9.82 Å². The Kier molecular flexibility index (Phi) is 5.91. The third kappa shape index (κ3) is 5.31. The van der Waals surface area contributed by atoms with Crippen LogP contribution in [0.15, 0.2) is 47.0 Å². The molecule has 1 unspecified atom stereocenters. The monoisotopic (exact) mass is 445 g/mol. The molecule has 29 heavy (non-hydrogen) atoms.